The van der Waals surface area contributed by atoms with Crippen LogP contribution in [0.3, 0.4) is 0 Å². The molecule has 2 amide bonds. The average molecular weight is 436 g/mol. The standard InChI is InChI=1S/C23H21FN4O4/c1-3-28(13-20(29)25-12-15-6-8-16(24)9-7-15)23(30)17-11-18(19-5-4-10-31-19)26-22-21(17)14(2)27-32-22/h4-11H,3,12-13H2,1-2H3,(H,25,29). The van der Waals surface area contributed by atoms with E-state index in [1.54, 1.807) is 44.2 Å². The second-order valence-electron chi connectivity index (χ2n) is 7.20. The number of carbonyl (C=O) groups is 2. The van der Waals surface area contributed by atoms with Crippen LogP contribution in [0.5, 0.6) is 0 Å². The highest BCUT2D eigenvalue weighted by atomic mass is 19.1. The topological polar surface area (TPSA) is 101 Å². The maximum atomic E-state index is 13.4. The number of hydrogen-bond acceptors (Lipinski definition) is 6. The van der Waals surface area contributed by atoms with Crippen LogP contribution in [-0.4, -0.2) is 39.9 Å². The van der Waals surface area contributed by atoms with Crippen LogP contribution in [-0.2, 0) is 11.3 Å². The molecular formula is C23H21FN4O4. The van der Waals surface area contributed by atoms with Gasteiger partial charge in [-0.15, -0.1) is 0 Å². The molecule has 1 aromatic carbocycles. The molecule has 9 heteroatoms. The van der Waals surface area contributed by atoms with Gasteiger partial charge in [0.05, 0.1) is 29.5 Å². The zero-order valence-electron chi connectivity index (χ0n) is 17.6. The summed E-state index contributed by atoms with van der Waals surface area (Å²) < 4.78 is 23.7. The lowest BCUT2D eigenvalue weighted by molar-refractivity contribution is -0.121. The second-order valence-corrected chi connectivity index (χ2v) is 7.20. The van der Waals surface area contributed by atoms with Crippen molar-refractivity contribution in [3.63, 3.8) is 0 Å². The third-order valence-electron chi connectivity index (χ3n) is 5.03. The van der Waals surface area contributed by atoms with Gasteiger partial charge in [-0.3, -0.25) is 9.59 Å². The fourth-order valence-corrected chi connectivity index (χ4v) is 3.34. The van der Waals surface area contributed by atoms with Gasteiger partial charge in [0, 0.05) is 13.1 Å². The van der Waals surface area contributed by atoms with Crippen LogP contribution in [0.15, 0.2) is 57.7 Å². The molecule has 3 aromatic heterocycles. The Morgan fingerprint density at radius 2 is 1.97 bits per heavy atom. The molecule has 0 bridgehead atoms. The van der Waals surface area contributed by atoms with Crippen LogP contribution in [0.25, 0.3) is 22.6 Å². The summed E-state index contributed by atoms with van der Waals surface area (Å²) in [7, 11) is 0. The number of nitrogens with zero attached hydrogens (tertiary/aromatic N) is 3. The fourth-order valence-electron chi connectivity index (χ4n) is 3.34. The van der Waals surface area contributed by atoms with Gasteiger partial charge in [0.1, 0.15) is 11.5 Å². The summed E-state index contributed by atoms with van der Waals surface area (Å²) in [6.07, 6.45) is 1.51. The molecule has 0 radical (unpaired) electrons. The molecule has 0 saturated heterocycles. The van der Waals surface area contributed by atoms with Gasteiger partial charge in [-0.2, -0.15) is 0 Å². The molecule has 164 valence electrons. The van der Waals surface area contributed by atoms with Gasteiger partial charge >= 0.3 is 0 Å². The summed E-state index contributed by atoms with van der Waals surface area (Å²) in [5.41, 5.74) is 2.26. The molecule has 4 aromatic rings. The average Bonchev–Trinajstić information content (AvgIpc) is 3.46. The van der Waals surface area contributed by atoms with Crippen molar-refractivity contribution < 1.29 is 22.9 Å². The summed E-state index contributed by atoms with van der Waals surface area (Å²) in [5, 5.41) is 7.18. The highest BCUT2D eigenvalue weighted by Crippen LogP contribution is 2.28. The lowest BCUT2D eigenvalue weighted by Crippen LogP contribution is -2.40. The number of likely N-dealkylation sites (N-methyl/N-ethyl adjacent to an activating group) is 1. The van der Waals surface area contributed by atoms with E-state index < -0.39 is 0 Å². The maximum absolute atomic E-state index is 13.4. The number of fused-ring (bicyclic) bond motifs is 1. The van der Waals surface area contributed by atoms with E-state index in [4.69, 9.17) is 8.94 Å². The molecule has 0 aliphatic carbocycles. The third-order valence-corrected chi connectivity index (χ3v) is 5.03. The van der Waals surface area contributed by atoms with Gasteiger partial charge in [0.25, 0.3) is 11.6 Å². The fraction of sp³-hybridized carbons (Fsp3) is 0.217. The van der Waals surface area contributed by atoms with Crippen LogP contribution in [0.2, 0.25) is 0 Å². The number of amides is 2. The molecule has 0 spiro atoms. The van der Waals surface area contributed by atoms with E-state index in [0.717, 1.165) is 5.56 Å². The zero-order chi connectivity index (χ0) is 22.7. The molecule has 0 unspecified atom stereocenters. The smallest absolute Gasteiger partial charge is 0.259 e. The first-order valence-electron chi connectivity index (χ1n) is 10.1. The van der Waals surface area contributed by atoms with Gasteiger partial charge in [-0.1, -0.05) is 17.3 Å². The molecule has 3 heterocycles. The molecule has 0 aliphatic heterocycles. The number of benzene rings is 1. The van der Waals surface area contributed by atoms with Crippen molar-refractivity contribution in [1.82, 2.24) is 20.4 Å². The molecule has 32 heavy (non-hydrogen) atoms. The number of nitrogens with one attached hydrogen (secondary N) is 1. The highest BCUT2D eigenvalue weighted by Gasteiger charge is 2.24. The van der Waals surface area contributed by atoms with E-state index >= 15 is 0 Å². The van der Waals surface area contributed by atoms with Crippen LogP contribution < -0.4 is 5.32 Å². The van der Waals surface area contributed by atoms with Gasteiger partial charge in [0.15, 0.2) is 5.76 Å². The van der Waals surface area contributed by atoms with Crippen LogP contribution in [0, 0.1) is 12.7 Å². The highest BCUT2D eigenvalue weighted by molar-refractivity contribution is 6.07. The molecule has 0 saturated carbocycles. The quantitative estimate of drug-likeness (QED) is 0.474. The number of hydrogen-bond donors (Lipinski definition) is 1. The minimum absolute atomic E-state index is 0.138. The van der Waals surface area contributed by atoms with Gasteiger partial charge < -0.3 is 19.2 Å². The van der Waals surface area contributed by atoms with Gasteiger partial charge in [-0.25, -0.2) is 9.37 Å². The number of carbonyl (C=O) groups excluding carboxylic acids is 2. The predicted molar refractivity (Wildman–Crippen MR) is 114 cm³/mol. The first-order valence-corrected chi connectivity index (χ1v) is 10.1. The minimum atomic E-state index is -0.351. The van der Waals surface area contributed by atoms with Crippen molar-refractivity contribution in [3.8, 4) is 11.5 Å². The monoisotopic (exact) mass is 436 g/mol. The van der Waals surface area contributed by atoms with E-state index in [1.807, 2.05) is 0 Å². The normalized spacial score (nSPS) is 11.0. The Bertz CT molecular complexity index is 1250. The number of aromatic nitrogens is 2. The molecule has 0 fully saturated rings. The van der Waals surface area contributed by atoms with Crippen molar-refractivity contribution in [2.24, 2.45) is 0 Å². The molecule has 0 atom stereocenters. The number of halogens is 1. The van der Waals surface area contributed by atoms with Gasteiger partial charge in [0.2, 0.25) is 5.91 Å². The maximum Gasteiger partial charge on any atom is 0.259 e. The Morgan fingerprint density at radius 3 is 2.66 bits per heavy atom. The molecule has 1 N–H and O–H groups in total. The molecule has 8 nitrogen and oxygen atoms in total. The van der Waals surface area contributed by atoms with Crippen molar-refractivity contribution in [2.75, 3.05) is 13.1 Å². The third kappa shape index (κ3) is 4.36. The van der Waals surface area contributed by atoms with Crippen molar-refractivity contribution >= 4 is 22.9 Å². The summed E-state index contributed by atoms with van der Waals surface area (Å²) in [4.78, 5) is 31.7. The van der Waals surface area contributed by atoms with Gasteiger partial charge in [-0.05, 0) is 49.7 Å². The van der Waals surface area contributed by atoms with Crippen LogP contribution >= 0.6 is 0 Å². The van der Waals surface area contributed by atoms with E-state index in [-0.39, 0.29) is 36.4 Å². The SMILES string of the molecule is CCN(CC(=O)NCc1ccc(F)cc1)C(=O)c1cc(-c2ccco2)nc2onc(C)c12. The summed E-state index contributed by atoms with van der Waals surface area (Å²) >= 11 is 0. The van der Waals surface area contributed by atoms with Crippen molar-refractivity contribution in [1.29, 1.82) is 0 Å². The molecule has 4 rings (SSSR count). The number of furan rings is 1. The first-order chi connectivity index (χ1) is 15.5. The van der Waals surface area contributed by atoms with Crippen molar-refractivity contribution in [2.45, 2.75) is 20.4 Å². The van der Waals surface area contributed by atoms with E-state index in [0.29, 0.717) is 34.6 Å². The number of pyridine rings is 1. The lowest BCUT2D eigenvalue weighted by atomic mass is 10.1. The Balaban J connectivity index is 1.55. The molecule has 0 aliphatic rings. The number of aryl methyl sites for hydroxylation is 1. The summed E-state index contributed by atoms with van der Waals surface area (Å²) in [5.74, 6) is -0.543. The Morgan fingerprint density at radius 1 is 1.19 bits per heavy atom. The lowest BCUT2D eigenvalue weighted by Gasteiger charge is -2.21. The largest absolute Gasteiger partial charge is 0.463 e. The minimum Gasteiger partial charge on any atom is -0.463 e. The van der Waals surface area contributed by atoms with Crippen molar-refractivity contribution in [3.05, 3.63) is 71.4 Å². The van der Waals surface area contributed by atoms with E-state index in [2.05, 4.69) is 15.5 Å². The summed E-state index contributed by atoms with van der Waals surface area (Å²) in [6, 6.07) is 10.9. The predicted octanol–water partition coefficient (Wildman–Crippen LogP) is 3.71. The molecular weight excluding hydrogens is 415 g/mol. The second kappa shape index (κ2) is 9.01. The Kier molecular flexibility index (Phi) is 5.98. The first kappa shape index (κ1) is 21.2. The Hall–Kier alpha value is -4.01. The Labute approximate surface area is 183 Å². The van der Waals surface area contributed by atoms with E-state index in [9.17, 15) is 14.0 Å². The number of rotatable bonds is 7. The zero-order valence-corrected chi connectivity index (χ0v) is 17.6. The summed E-state index contributed by atoms with van der Waals surface area (Å²) in [6.45, 7) is 3.92. The van der Waals surface area contributed by atoms with Crippen LogP contribution in [0.4, 0.5) is 4.39 Å². The van der Waals surface area contributed by atoms with E-state index in [1.165, 1.54) is 23.3 Å². The van der Waals surface area contributed by atoms with Crippen LogP contribution in [0.1, 0.15) is 28.5 Å².